The molecule has 0 saturated carbocycles. The van der Waals surface area contributed by atoms with Gasteiger partial charge in [-0.1, -0.05) is 6.07 Å². The zero-order valence-electron chi connectivity index (χ0n) is 11.5. The van der Waals surface area contributed by atoms with Crippen LogP contribution in [0.1, 0.15) is 23.2 Å². The fourth-order valence-corrected chi connectivity index (χ4v) is 2.46. The third-order valence-corrected chi connectivity index (χ3v) is 3.43. The van der Waals surface area contributed by atoms with Gasteiger partial charge >= 0.3 is 0 Å². The topological polar surface area (TPSA) is 81.1 Å². The molecule has 0 radical (unpaired) electrons. The molecule has 20 heavy (non-hydrogen) atoms. The first-order chi connectivity index (χ1) is 9.70. The summed E-state index contributed by atoms with van der Waals surface area (Å²) in [6.45, 7) is 0.428. The van der Waals surface area contributed by atoms with Crippen molar-refractivity contribution >= 4 is 11.6 Å². The molecule has 3 N–H and O–H groups in total. The molecule has 0 amide bonds. The van der Waals surface area contributed by atoms with E-state index < -0.39 is 0 Å². The normalized spacial score (nSPS) is 14.3. The first-order valence-corrected chi connectivity index (χ1v) is 6.74. The minimum absolute atomic E-state index is 0.397. The lowest BCUT2D eigenvalue weighted by atomic mass is 10.1. The van der Waals surface area contributed by atoms with Crippen LogP contribution in [0.5, 0.6) is 0 Å². The summed E-state index contributed by atoms with van der Waals surface area (Å²) in [7, 11) is 1.78. The molecule has 6 nitrogen and oxygen atoms in total. The van der Waals surface area contributed by atoms with Gasteiger partial charge in [-0.25, -0.2) is 4.99 Å². The second-order valence-electron chi connectivity index (χ2n) is 4.99. The van der Waals surface area contributed by atoms with Crippen LogP contribution >= 0.6 is 0 Å². The van der Waals surface area contributed by atoms with Gasteiger partial charge in [-0.15, -0.1) is 0 Å². The van der Waals surface area contributed by atoms with Gasteiger partial charge in [0, 0.05) is 12.7 Å². The number of aryl methyl sites for hydroxylation is 3. The van der Waals surface area contributed by atoms with E-state index in [1.807, 2.05) is 0 Å². The summed E-state index contributed by atoms with van der Waals surface area (Å²) in [6, 6.07) is 6.38. The van der Waals surface area contributed by atoms with Gasteiger partial charge in [0.05, 0.1) is 12.7 Å². The number of benzene rings is 1. The molecule has 0 bridgehead atoms. The van der Waals surface area contributed by atoms with E-state index >= 15 is 0 Å². The molecule has 1 aliphatic carbocycles. The van der Waals surface area contributed by atoms with Crippen LogP contribution in [0.4, 0.5) is 5.69 Å². The molecule has 0 fully saturated rings. The Balaban J connectivity index is 1.64. The van der Waals surface area contributed by atoms with Crippen molar-refractivity contribution < 1.29 is 0 Å². The maximum absolute atomic E-state index is 5.89. The van der Waals surface area contributed by atoms with Crippen molar-refractivity contribution in [3.8, 4) is 0 Å². The van der Waals surface area contributed by atoms with Crippen LogP contribution in [0, 0.1) is 0 Å². The van der Waals surface area contributed by atoms with Crippen molar-refractivity contribution in [2.75, 3.05) is 5.32 Å². The van der Waals surface area contributed by atoms with Crippen LogP contribution in [0.2, 0.25) is 0 Å². The highest BCUT2D eigenvalue weighted by atomic mass is 15.4. The highest BCUT2D eigenvalue weighted by Crippen LogP contribution is 2.24. The fraction of sp³-hybridized carbons (Fsp3) is 0.357. The van der Waals surface area contributed by atoms with Crippen molar-refractivity contribution in [2.45, 2.75) is 25.8 Å². The van der Waals surface area contributed by atoms with E-state index in [0.29, 0.717) is 12.5 Å². The van der Waals surface area contributed by atoms with Crippen LogP contribution in [0.15, 0.2) is 29.4 Å². The average Bonchev–Trinajstić information content (AvgIpc) is 3.04. The van der Waals surface area contributed by atoms with E-state index in [1.54, 1.807) is 13.2 Å². The van der Waals surface area contributed by atoms with Gasteiger partial charge in [-0.05, 0) is 42.5 Å². The van der Waals surface area contributed by atoms with E-state index in [0.717, 1.165) is 17.8 Å². The van der Waals surface area contributed by atoms with Gasteiger partial charge < -0.3 is 11.1 Å². The van der Waals surface area contributed by atoms with Crippen molar-refractivity contribution in [1.29, 1.82) is 0 Å². The van der Waals surface area contributed by atoms with Gasteiger partial charge in [0.15, 0.2) is 5.96 Å². The number of anilines is 1. The number of nitrogens with two attached hydrogens (primary N) is 1. The zero-order chi connectivity index (χ0) is 13.9. The Morgan fingerprint density at radius 1 is 1.40 bits per heavy atom. The maximum atomic E-state index is 5.89. The third-order valence-electron chi connectivity index (χ3n) is 3.43. The fourth-order valence-electron chi connectivity index (χ4n) is 2.46. The standard InChI is InChI=1S/C14H18N6/c1-20-17-9-13(19-20)8-16-14(15)18-12-6-5-10-3-2-4-11(10)7-12/h5-7,9H,2-4,8H2,1H3,(H3,15,16,18). The number of nitrogens with zero attached hydrogens (tertiary/aromatic N) is 4. The minimum Gasteiger partial charge on any atom is -0.370 e. The first-order valence-electron chi connectivity index (χ1n) is 6.74. The SMILES string of the molecule is Cn1ncc(CN=C(N)Nc2ccc3c(c2)CCC3)n1. The molecule has 3 rings (SSSR count). The van der Waals surface area contributed by atoms with Crippen LogP contribution < -0.4 is 11.1 Å². The highest BCUT2D eigenvalue weighted by molar-refractivity contribution is 5.92. The molecular formula is C14H18N6. The van der Waals surface area contributed by atoms with E-state index in [9.17, 15) is 0 Å². The summed E-state index contributed by atoms with van der Waals surface area (Å²) in [4.78, 5) is 5.77. The summed E-state index contributed by atoms with van der Waals surface area (Å²) in [5.74, 6) is 0.397. The van der Waals surface area contributed by atoms with Crippen LogP contribution in [-0.4, -0.2) is 21.0 Å². The Hall–Kier alpha value is -2.37. The van der Waals surface area contributed by atoms with Crippen LogP contribution in [0.25, 0.3) is 0 Å². The number of guanidine groups is 1. The molecule has 1 aromatic carbocycles. The summed E-state index contributed by atoms with van der Waals surface area (Å²) in [6.07, 6.45) is 5.27. The lowest BCUT2D eigenvalue weighted by molar-refractivity contribution is 0.645. The highest BCUT2D eigenvalue weighted by Gasteiger charge is 2.10. The summed E-state index contributed by atoms with van der Waals surface area (Å²) in [5.41, 5.74) is 10.5. The number of hydrogen-bond donors (Lipinski definition) is 2. The lowest BCUT2D eigenvalue weighted by Crippen LogP contribution is -2.22. The van der Waals surface area contributed by atoms with E-state index in [4.69, 9.17) is 5.73 Å². The predicted molar refractivity (Wildman–Crippen MR) is 78.4 cm³/mol. The molecule has 1 heterocycles. The Morgan fingerprint density at radius 3 is 3.05 bits per heavy atom. The number of nitrogens with one attached hydrogen (secondary N) is 1. The maximum Gasteiger partial charge on any atom is 0.193 e. The third kappa shape index (κ3) is 2.79. The van der Waals surface area contributed by atoms with Crippen molar-refractivity contribution in [3.05, 3.63) is 41.2 Å². The van der Waals surface area contributed by atoms with Crippen LogP contribution in [-0.2, 0) is 26.4 Å². The minimum atomic E-state index is 0.397. The van der Waals surface area contributed by atoms with Crippen molar-refractivity contribution in [2.24, 2.45) is 17.8 Å². The van der Waals surface area contributed by atoms with Gasteiger partial charge in [-0.3, -0.25) is 0 Å². The molecule has 104 valence electrons. The molecule has 2 aromatic rings. The number of aliphatic imine (C=N–C) groups is 1. The molecule has 6 heteroatoms. The number of aromatic nitrogens is 3. The van der Waals surface area contributed by atoms with Gasteiger partial charge in [0.25, 0.3) is 0 Å². The summed E-state index contributed by atoms with van der Waals surface area (Å²) >= 11 is 0. The number of rotatable bonds is 3. The number of fused-ring (bicyclic) bond motifs is 1. The second-order valence-corrected chi connectivity index (χ2v) is 4.99. The van der Waals surface area contributed by atoms with E-state index in [-0.39, 0.29) is 0 Å². The monoisotopic (exact) mass is 270 g/mol. The van der Waals surface area contributed by atoms with Gasteiger partial charge in [0.1, 0.15) is 5.69 Å². The first kappa shape index (κ1) is 12.7. The van der Waals surface area contributed by atoms with Gasteiger partial charge in [-0.2, -0.15) is 15.0 Å². The van der Waals surface area contributed by atoms with Crippen molar-refractivity contribution in [1.82, 2.24) is 15.0 Å². The lowest BCUT2D eigenvalue weighted by Gasteiger charge is -2.07. The Kier molecular flexibility index (Phi) is 3.37. The molecular weight excluding hydrogens is 252 g/mol. The average molecular weight is 270 g/mol. The predicted octanol–water partition coefficient (Wildman–Crippen LogP) is 1.23. The van der Waals surface area contributed by atoms with Crippen LogP contribution in [0.3, 0.4) is 0 Å². The number of hydrogen-bond acceptors (Lipinski definition) is 3. The quantitative estimate of drug-likeness (QED) is 0.649. The largest absolute Gasteiger partial charge is 0.370 e. The van der Waals surface area contributed by atoms with Crippen molar-refractivity contribution in [3.63, 3.8) is 0 Å². The Labute approximate surface area is 117 Å². The summed E-state index contributed by atoms with van der Waals surface area (Å²) in [5, 5.41) is 11.3. The Morgan fingerprint density at radius 2 is 2.25 bits per heavy atom. The molecule has 0 unspecified atom stereocenters. The molecule has 1 aliphatic rings. The van der Waals surface area contributed by atoms with E-state index in [1.165, 1.54) is 28.8 Å². The van der Waals surface area contributed by atoms with E-state index in [2.05, 4.69) is 38.7 Å². The Bertz CT molecular complexity index is 643. The smallest absolute Gasteiger partial charge is 0.193 e. The van der Waals surface area contributed by atoms with Gasteiger partial charge in [0.2, 0.25) is 0 Å². The molecule has 0 atom stereocenters. The molecule has 0 saturated heterocycles. The zero-order valence-corrected chi connectivity index (χ0v) is 11.5. The molecule has 0 aliphatic heterocycles. The second kappa shape index (κ2) is 5.32. The summed E-state index contributed by atoms with van der Waals surface area (Å²) < 4.78 is 0. The molecule has 0 spiro atoms. The molecule has 1 aromatic heterocycles.